The second-order valence-electron chi connectivity index (χ2n) is 9.73. The van der Waals surface area contributed by atoms with Gasteiger partial charge in [-0.25, -0.2) is 8.42 Å². The fourth-order valence-corrected chi connectivity index (χ4v) is 6.60. The van der Waals surface area contributed by atoms with Gasteiger partial charge in [0.25, 0.3) is 5.91 Å². The molecule has 1 N–H and O–H groups in total. The number of hydrogen-bond acceptors (Lipinski definition) is 6. The van der Waals surface area contributed by atoms with E-state index in [-0.39, 0.29) is 36.1 Å². The summed E-state index contributed by atoms with van der Waals surface area (Å²) in [6, 6.07) is 6.86. The normalized spacial score (nSPS) is 20.6. The summed E-state index contributed by atoms with van der Waals surface area (Å²) >= 11 is 0. The molecule has 1 aromatic heterocycles. The van der Waals surface area contributed by atoms with E-state index in [0.29, 0.717) is 16.7 Å². The Morgan fingerprint density at radius 2 is 1.95 bits per heavy atom. The number of carbonyl (C=O) groups excluding carboxylic acids is 3. The molecular formula is C26H30N4O6S. The zero-order chi connectivity index (χ0) is 26.9. The van der Waals surface area contributed by atoms with Crippen LogP contribution in [0.5, 0.6) is 0 Å². The average Bonchev–Trinajstić information content (AvgIpc) is 3.44. The summed E-state index contributed by atoms with van der Waals surface area (Å²) in [6.07, 6.45) is 4.41. The van der Waals surface area contributed by atoms with E-state index in [0.717, 1.165) is 16.1 Å². The van der Waals surface area contributed by atoms with Crippen LogP contribution >= 0.6 is 0 Å². The fourth-order valence-electron chi connectivity index (χ4n) is 4.97. The van der Waals surface area contributed by atoms with Gasteiger partial charge in [0.2, 0.25) is 15.9 Å². The van der Waals surface area contributed by atoms with Crippen molar-refractivity contribution in [1.29, 1.82) is 0 Å². The fraction of sp³-hybridized carbons (Fsp3) is 0.385. The zero-order valence-corrected chi connectivity index (χ0v) is 21.6. The van der Waals surface area contributed by atoms with Gasteiger partial charge in [-0.2, -0.15) is 9.04 Å². The summed E-state index contributed by atoms with van der Waals surface area (Å²) < 4.78 is 27.9. The molecule has 0 radical (unpaired) electrons. The van der Waals surface area contributed by atoms with Crippen molar-refractivity contribution in [1.82, 2.24) is 14.5 Å². The Morgan fingerprint density at radius 3 is 2.57 bits per heavy atom. The van der Waals surface area contributed by atoms with Crippen molar-refractivity contribution in [2.24, 2.45) is 5.92 Å². The van der Waals surface area contributed by atoms with Crippen LogP contribution in [-0.4, -0.2) is 66.4 Å². The van der Waals surface area contributed by atoms with Crippen LogP contribution in [0.2, 0.25) is 0 Å². The maximum Gasteiger partial charge on any atom is 0.251 e. The molecule has 4 rings (SSSR count). The second kappa shape index (κ2) is 10.4. The van der Waals surface area contributed by atoms with E-state index in [4.69, 9.17) is 0 Å². The summed E-state index contributed by atoms with van der Waals surface area (Å²) in [7, 11) is -4.12. The third-order valence-corrected chi connectivity index (χ3v) is 8.59. The molecular weight excluding hydrogens is 496 g/mol. The van der Waals surface area contributed by atoms with Gasteiger partial charge in [0, 0.05) is 18.2 Å². The Balaban J connectivity index is 1.54. The number of likely N-dealkylation sites (tertiary alicyclic amines) is 1. The molecule has 196 valence electrons. The zero-order valence-electron chi connectivity index (χ0n) is 20.7. The number of rotatable bonds is 8. The molecule has 2 aromatic rings. The molecule has 3 atom stereocenters. The SMILES string of the molecule is C=Cc1ccc(C(=O)NC(CC(C)C)C(=O)N2CCC3C2C(=O)CN3S(=O)(=O)c2ccc[n+]([O-])c2)cc1. The highest BCUT2D eigenvalue weighted by molar-refractivity contribution is 7.89. The monoisotopic (exact) mass is 526 g/mol. The number of amides is 2. The van der Waals surface area contributed by atoms with Crippen LogP contribution in [0.3, 0.4) is 0 Å². The number of nitrogens with one attached hydrogen (secondary N) is 1. The maximum atomic E-state index is 13.6. The van der Waals surface area contributed by atoms with Crippen molar-refractivity contribution >= 4 is 33.7 Å². The van der Waals surface area contributed by atoms with Gasteiger partial charge in [0.15, 0.2) is 18.2 Å². The third kappa shape index (κ3) is 5.28. The second-order valence-corrected chi connectivity index (χ2v) is 11.6. The van der Waals surface area contributed by atoms with Crippen molar-refractivity contribution in [3.63, 3.8) is 0 Å². The van der Waals surface area contributed by atoms with Crippen LogP contribution < -0.4 is 10.0 Å². The van der Waals surface area contributed by atoms with Gasteiger partial charge < -0.3 is 15.4 Å². The van der Waals surface area contributed by atoms with Crippen molar-refractivity contribution in [3.8, 4) is 0 Å². The molecule has 0 saturated carbocycles. The van der Waals surface area contributed by atoms with Crippen LogP contribution in [0.25, 0.3) is 6.08 Å². The molecule has 10 nitrogen and oxygen atoms in total. The molecule has 2 amide bonds. The first kappa shape index (κ1) is 26.5. The quantitative estimate of drug-likeness (QED) is 0.408. The van der Waals surface area contributed by atoms with Crippen LogP contribution in [0.4, 0.5) is 0 Å². The van der Waals surface area contributed by atoms with Gasteiger partial charge in [-0.05, 0) is 42.5 Å². The van der Waals surface area contributed by atoms with Crippen LogP contribution in [0, 0.1) is 11.1 Å². The predicted octanol–water partition coefficient (Wildman–Crippen LogP) is 1.35. The maximum absolute atomic E-state index is 13.6. The van der Waals surface area contributed by atoms with Gasteiger partial charge in [0.05, 0.1) is 12.6 Å². The summed E-state index contributed by atoms with van der Waals surface area (Å²) in [5.41, 5.74) is 1.24. The van der Waals surface area contributed by atoms with Gasteiger partial charge in [-0.1, -0.05) is 38.6 Å². The molecule has 2 fully saturated rings. The van der Waals surface area contributed by atoms with Gasteiger partial charge in [-0.15, -0.1) is 0 Å². The first-order valence-electron chi connectivity index (χ1n) is 12.1. The van der Waals surface area contributed by atoms with E-state index >= 15 is 0 Å². The lowest BCUT2D eigenvalue weighted by molar-refractivity contribution is -0.607. The summed E-state index contributed by atoms with van der Waals surface area (Å²) in [5, 5.41) is 14.5. The largest absolute Gasteiger partial charge is 0.619 e. The molecule has 2 aliphatic rings. The van der Waals surface area contributed by atoms with Gasteiger partial charge >= 0.3 is 0 Å². The molecule has 2 aliphatic heterocycles. The molecule has 3 heterocycles. The first-order valence-corrected chi connectivity index (χ1v) is 13.5. The number of carbonyl (C=O) groups is 3. The minimum atomic E-state index is -4.12. The summed E-state index contributed by atoms with van der Waals surface area (Å²) in [5.74, 6) is -1.15. The predicted molar refractivity (Wildman–Crippen MR) is 135 cm³/mol. The van der Waals surface area contributed by atoms with Crippen LogP contribution in [0.1, 0.15) is 42.6 Å². The highest BCUT2D eigenvalue weighted by Crippen LogP contribution is 2.34. The number of nitrogens with zero attached hydrogens (tertiary/aromatic N) is 3. The lowest BCUT2D eigenvalue weighted by Gasteiger charge is -2.29. The van der Waals surface area contributed by atoms with E-state index in [1.54, 1.807) is 30.3 Å². The summed E-state index contributed by atoms with van der Waals surface area (Å²) in [4.78, 5) is 40.8. The first-order chi connectivity index (χ1) is 17.5. The van der Waals surface area contributed by atoms with E-state index in [2.05, 4.69) is 11.9 Å². The van der Waals surface area contributed by atoms with E-state index in [1.807, 2.05) is 13.8 Å². The Hall–Kier alpha value is -3.57. The molecule has 0 bridgehead atoms. The van der Waals surface area contributed by atoms with Gasteiger partial charge in [0.1, 0.15) is 17.0 Å². The number of Topliss-reactive ketones (excluding diaryl/α,β-unsaturated/α-hetero) is 1. The van der Waals surface area contributed by atoms with Crippen molar-refractivity contribution in [2.75, 3.05) is 13.1 Å². The van der Waals surface area contributed by atoms with Crippen LogP contribution in [0.15, 0.2) is 60.3 Å². The Labute approximate surface area is 216 Å². The lowest BCUT2D eigenvalue weighted by Crippen LogP contribution is -2.53. The lowest BCUT2D eigenvalue weighted by atomic mass is 10.0. The number of fused-ring (bicyclic) bond motifs is 1. The Bertz CT molecular complexity index is 1320. The van der Waals surface area contributed by atoms with E-state index in [1.165, 1.54) is 23.2 Å². The number of aromatic nitrogens is 1. The third-order valence-electron chi connectivity index (χ3n) is 6.73. The van der Waals surface area contributed by atoms with E-state index < -0.39 is 40.0 Å². The molecule has 3 unspecified atom stereocenters. The molecule has 1 aromatic carbocycles. The molecule has 37 heavy (non-hydrogen) atoms. The highest BCUT2D eigenvalue weighted by Gasteiger charge is 2.54. The summed E-state index contributed by atoms with van der Waals surface area (Å²) in [6.45, 7) is 7.34. The topological polar surface area (TPSA) is 131 Å². The van der Waals surface area contributed by atoms with Crippen molar-refractivity contribution in [2.45, 2.75) is 49.7 Å². The number of pyridine rings is 1. The molecule has 2 saturated heterocycles. The Morgan fingerprint density at radius 1 is 1.24 bits per heavy atom. The van der Waals surface area contributed by atoms with Gasteiger partial charge in [-0.3, -0.25) is 14.4 Å². The number of benzene rings is 1. The Kier molecular flexibility index (Phi) is 7.47. The molecule has 0 spiro atoms. The highest BCUT2D eigenvalue weighted by atomic mass is 32.2. The van der Waals surface area contributed by atoms with Crippen molar-refractivity contribution in [3.05, 3.63) is 71.7 Å². The standard InChI is InChI=1S/C26H30N4O6S/c1-4-18-7-9-19(10-8-18)25(32)27-21(14-17(2)3)26(33)29-13-11-22-24(29)23(31)16-30(22)37(35,36)20-6-5-12-28(34)15-20/h4-10,12,15,17,21-22,24H,1,11,13-14,16H2,2-3H3,(H,27,32). The number of hydrogen-bond donors (Lipinski definition) is 1. The van der Waals surface area contributed by atoms with Crippen molar-refractivity contribution < 1.29 is 27.5 Å². The minimum absolute atomic E-state index is 0.0730. The van der Waals surface area contributed by atoms with Crippen LogP contribution in [-0.2, 0) is 19.6 Å². The minimum Gasteiger partial charge on any atom is -0.619 e. The molecule has 0 aliphatic carbocycles. The number of ketones is 1. The van der Waals surface area contributed by atoms with E-state index in [9.17, 15) is 28.0 Å². The molecule has 11 heteroatoms. The smallest absolute Gasteiger partial charge is 0.251 e. The number of sulfonamides is 1. The average molecular weight is 527 g/mol.